The third kappa shape index (κ3) is 1.99. The fourth-order valence-electron chi connectivity index (χ4n) is 2.05. The Morgan fingerprint density at radius 1 is 1.33 bits per heavy atom. The summed E-state index contributed by atoms with van der Waals surface area (Å²) in [6.45, 7) is 0.662. The Morgan fingerprint density at radius 3 is 2.78 bits per heavy atom. The lowest BCUT2D eigenvalue weighted by molar-refractivity contribution is -0.117. The average molecular weight is 240 g/mol. The highest BCUT2D eigenvalue weighted by atomic mass is 16.2. The van der Waals surface area contributed by atoms with Crippen LogP contribution in [0.2, 0.25) is 0 Å². The predicted molar refractivity (Wildman–Crippen MR) is 67.0 cm³/mol. The van der Waals surface area contributed by atoms with Crippen molar-refractivity contribution in [1.29, 1.82) is 10.5 Å². The van der Waals surface area contributed by atoms with E-state index in [9.17, 15) is 4.79 Å². The molecule has 1 amide bonds. The molecule has 0 saturated carbocycles. The van der Waals surface area contributed by atoms with E-state index < -0.39 is 0 Å². The van der Waals surface area contributed by atoms with Crippen LogP contribution in [0.1, 0.15) is 12.0 Å². The number of fused-ring (bicyclic) bond motifs is 1. The van der Waals surface area contributed by atoms with E-state index in [4.69, 9.17) is 10.5 Å². The lowest BCUT2D eigenvalue weighted by Gasteiger charge is -2.35. The quantitative estimate of drug-likeness (QED) is 0.780. The van der Waals surface area contributed by atoms with Gasteiger partial charge in [0, 0.05) is 13.6 Å². The van der Waals surface area contributed by atoms with Crippen molar-refractivity contribution in [2.24, 2.45) is 0 Å². The van der Waals surface area contributed by atoms with Gasteiger partial charge in [-0.05, 0) is 18.2 Å². The summed E-state index contributed by atoms with van der Waals surface area (Å²) in [5.41, 5.74) is 2.13. The number of hydrogen-bond donors (Lipinski definition) is 0. The first kappa shape index (κ1) is 11.9. The van der Waals surface area contributed by atoms with E-state index in [2.05, 4.69) is 6.07 Å². The largest absolute Gasteiger partial charge is 0.364 e. The highest BCUT2D eigenvalue weighted by molar-refractivity contribution is 6.03. The molecule has 5 heteroatoms. The van der Waals surface area contributed by atoms with Crippen molar-refractivity contribution in [3.8, 4) is 12.1 Å². The molecule has 1 aliphatic rings. The summed E-state index contributed by atoms with van der Waals surface area (Å²) in [5.74, 6) is -0.0460. The number of likely N-dealkylation sites (N-methyl/N-ethyl adjacent to an activating group) is 1. The summed E-state index contributed by atoms with van der Waals surface area (Å²) in [6, 6.07) is 9.35. The van der Waals surface area contributed by atoms with E-state index in [1.165, 1.54) is 0 Å². The number of nitrogens with zero attached hydrogens (tertiary/aromatic N) is 4. The van der Waals surface area contributed by atoms with Crippen molar-refractivity contribution in [3.05, 3.63) is 23.8 Å². The van der Waals surface area contributed by atoms with Crippen LogP contribution in [0.15, 0.2) is 18.2 Å². The molecule has 0 unspecified atom stereocenters. The fraction of sp³-hybridized carbons (Fsp3) is 0.308. The summed E-state index contributed by atoms with van der Waals surface area (Å²) in [5, 5.41) is 17.5. The molecule has 5 nitrogen and oxygen atoms in total. The second kappa shape index (κ2) is 4.77. The van der Waals surface area contributed by atoms with Crippen molar-refractivity contribution < 1.29 is 4.79 Å². The molecule has 0 atom stereocenters. The number of carbonyl (C=O) groups excluding carboxylic acids is 1. The summed E-state index contributed by atoms with van der Waals surface area (Å²) < 4.78 is 0. The molecule has 0 saturated heterocycles. The van der Waals surface area contributed by atoms with Crippen LogP contribution in [-0.2, 0) is 4.79 Å². The lowest BCUT2D eigenvalue weighted by Crippen LogP contribution is -2.44. The Hall–Kier alpha value is -2.53. The van der Waals surface area contributed by atoms with Gasteiger partial charge in [-0.15, -0.1) is 0 Å². The van der Waals surface area contributed by atoms with Crippen molar-refractivity contribution >= 4 is 17.3 Å². The van der Waals surface area contributed by atoms with Gasteiger partial charge in [0.1, 0.15) is 0 Å². The van der Waals surface area contributed by atoms with Crippen LogP contribution >= 0.6 is 0 Å². The molecule has 2 rings (SSSR count). The SMILES string of the molecule is CN1CC(=O)N(CCC#N)c2cc(C#N)ccc21. The fourth-order valence-corrected chi connectivity index (χ4v) is 2.05. The van der Waals surface area contributed by atoms with Gasteiger partial charge in [0.25, 0.3) is 0 Å². The first-order chi connectivity index (χ1) is 8.67. The Bertz CT molecular complexity index is 567. The highest BCUT2D eigenvalue weighted by Gasteiger charge is 2.27. The number of rotatable bonds is 2. The van der Waals surface area contributed by atoms with Crippen LogP contribution in [0.3, 0.4) is 0 Å². The number of carbonyl (C=O) groups is 1. The highest BCUT2D eigenvalue weighted by Crippen LogP contribution is 2.33. The molecule has 1 aromatic rings. The Morgan fingerprint density at radius 2 is 2.11 bits per heavy atom. The molecule has 1 aliphatic heterocycles. The van der Waals surface area contributed by atoms with Crippen LogP contribution in [0.25, 0.3) is 0 Å². The number of anilines is 2. The van der Waals surface area contributed by atoms with Gasteiger partial charge in [0.2, 0.25) is 5.91 Å². The molecule has 1 aromatic carbocycles. The first-order valence-corrected chi connectivity index (χ1v) is 5.60. The summed E-state index contributed by atoms with van der Waals surface area (Å²) in [6.07, 6.45) is 0.283. The maximum atomic E-state index is 12.0. The van der Waals surface area contributed by atoms with E-state index in [0.717, 1.165) is 5.69 Å². The minimum Gasteiger partial charge on any atom is -0.364 e. The first-order valence-electron chi connectivity index (χ1n) is 5.60. The van der Waals surface area contributed by atoms with Gasteiger partial charge in [-0.25, -0.2) is 0 Å². The van der Waals surface area contributed by atoms with E-state index in [-0.39, 0.29) is 12.3 Å². The van der Waals surface area contributed by atoms with Crippen molar-refractivity contribution in [3.63, 3.8) is 0 Å². The molecular weight excluding hydrogens is 228 g/mol. The van der Waals surface area contributed by atoms with E-state index in [1.54, 1.807) is 17.0 Å². The topological polar surface area (TPSA) is 71.1 Å². The minimum atomic E-state index is -0.0460. The third-order valence-corrected chi connectivity index (χ3v) is 2.93. The van der Waals surface area contributed by atoms with E-state index >= 15 is 0 Å². The van der Waals surface area contributed by atoms with Crippen molar-refractivity contribution in [2.75, 3.05) is 29.9 Å². The molecule has 18 heavy (non-hydrogen) atoms. The van der Waals surface area contributed by atoms with Gasteiger partial charge in [0.15, 0.2) is 0 Å². The number of benzene rings is 1. The van der Waals surface area contributed by atoms with Crippen LogP contribution in [0, 0.1) is 22.7 Å². The summed E-state index contributed by atoms with van der Waals surface area (Å²) in [4.78, 5) is 15.4. The molecule has 90 valence electrons. The molecular formula is C13H12N4O. The Balaban J connectivity index is 2.46. The molecule has 0 fully saturated rings. The number of nitriles is 2. The maximum absolute atomic E-state index is 12.0. The van der Waals surface area contributed by atoms with Crippen LogP contribution in [0.5, 0.6) is 0 Å². The van der Waals surface area contributed by atoms with Gasteiger partial charge >= 0.3 is 0 Å². The predicted octanol–water partition coefficient (Wildman–Crippen LogP) is 1.25. The van der Waals surface area contributed by atoms with Crippen LogP contribution in [-0.4, -0.2) is 26.0 Å². The Labute approximate surface area is 105 Å². The smallest absolute Gasteiger partial charge is 0.246 e. The van der Waals surface area contributed by atoms with Gasteiger partial charge < -0.3 is 9.80 Å². The van der Waals surface area contributed by atoms with Crippen molar-refractivity contribution in [1.82, 2.24) is 0 Å². The number of amides is 1. The van der Waals surface area contributed by atoms with E-state index in [0.29, 0.717) is 24.3 Å². The molecule has 0 radical (unpaired) electrons. The van der Waals surface area contributed by atoms with Crippen molar-refractivity contribution in [2.45, 2.75) is 6.42 Å². The zero-order valence-corrected chi connectivity index (χ0v) is 10.1. The van der Waals surface area contributed by atoms with Gasteiger partial charge in [-0.2, -0.15) is 10.5 Å². The molecule has 0 spiro atoms. The summed E-state index contributed by atoms with van der Waals surface area (Å²) in [7, 11) is 1.84. The average Bonchev–Trinajstić information content (AvgIpc) is 2.38. The summed E-state index contributed by atoms with van der Waals surface area (Å²) >= 11 is 0. The molecule has 0 bridgehead atoms. The van der Waals surface area contributed by atoms with E-state index in [1.807, 2.05) is 24.1 Å². The molecule has 0 aliphatic carbocycles. The minimum absolute atomic E-state index is 0.0460. The second-order valence-corrected chi connectivity index (χ2v) is 4.12. The zero-order chi connectivity index (χ0) is 13.1. The lowest BCUT2D eigenvalue weighted by atomic mass is 10.1. The Kier molecular flexibility index (Phi) is 3.16. The second-order valence-electron chi connectivity index (χ2n) is 4.12. The monoisotopic (exact) mass is 240 g/mol. The molecule has 1 heterocycles. The zero-order valence-electron chi connectivity index (χ0n) is 10.1. The maximum Gasteiger partial charge on any atom is 0.246 e. The van der Waals surface area contributed by atoms with Gasteiger partial charge in [-0.3, -0.25) is 4.79 Å². The standard InChI is InChI=1S/C13H12N4O/c1-16-9-13(18)17(6-2-5-14)12-7-10(8-15)3-4-11(12)16/h3-4,7H,2,6,9H2,1H3. The molecule has 0 N–H and O–H groups in total. The van der Waals surface area contributed by atoms with Crippen LogP contribution in [0.4, 0.5) is 11.4 Å². The number of hydrogen-bond acceptors (Lipinski definition) is 4. The van der Waals surface area contributed by atoms with Crippen LogP contribution < -0.4 is 9.80 Å². The molecule has 0 aromatic heterocycles. The van der Waals surface area contributed by atoms with Gasteiger partial charge in [-0.1, -0.05) is 0 Å². The van der Waals surface area contributed by atoms with Gasteiger partial charge in [0.05, 0.1) is 42.0 Å². The normalized spacial score (nSPS) is 13.8. The third-order valence-electron chi connectivity index (χ3n) is 2.93.